The number of amides is 5. The summed E-state index contributed by atoms with van der Waals surface area (Å²) in [5, 5.41) is 32.0. The molecule has 0 saturated heterocycles. The Balaban J connectivity index is 1.94. The topological polar surface area (TPSA) is 275 Å². The molecular weight excluding hydrogens is 745 g/mol. The van der Waals surface area contributed by atoms with Crippen LogP contribution in [0.1, 0.15) is 49.9 Å². The van der Waals surface area contributed by atoms with Crippen LogP contribution in [0.4, 0.5) is 0 Å². The summed E-state index contributed by atoms with van der Waals surface area (Å²) < 4.78 is 0. The Kier molecular flexibility index (Phi) is 18.0. The van der Waals surface area contributed by atoms with E-state index in [0.717, 1.165) is 0 Å². The fourth-order valence-electron chi connectivity index (χ4n) is 5.62. The Morgan fingerprint density at radius 2 is 1.12 bits per heavy atom. The highest BCUT2D eigenvalue weighted by molar-refractivity contribution is 7.80. The molecule has 1 aromatic heterocycles. The van der Waals surface area contributed by atoms with E-state index in [4.69, 9.17) is 5.73 Å². The molecule has 0 aliphatic heterocycles. The third-order valence-corrected chi connectivity index (χ3v) is 8.97. The first-order valence-corrected chi connectivity index (χ1v) is 18.7. The van der Waals surface area contributed by atoms with Gasteiger partial charge in [-0.25, -0.2) is 9.78 Å². The molecule has 0 aliphatic carbocycles. The van der Waals surface area contributed by atoms with Crippen molar-refractivity contribution in [2.45, 2.75) is 88.6 Å². The van der Waals surface area contributed by atoms with Gasteiger partial charge in [0, 0.05) is 43.3 Å². The lowest BCUT2D eigenvalue weighted by molar-refractivity contribution is -0.142. The number of hydrogen-bond acceptors (Lipinski definition) is 10. The molecule has 0 fully saturated rings. The van der Waals surface area contributed by atoms with Crippen LogP contribution in [0.2, 0.25) is 0 Å². The van der Waals surface area contributed by atoms with Gasteiger partial charge >= 0.3 is 11.9 Å². The molecule has 0 saturated carbocycles. The molecular formula is C38H50N8O9S. The highest BCUT2D eigenvalue weighted by atomic mass is 32.1. The van der Waals surface area contributed by atoms with E-state index >= 15 is 0 Å². The van der Waals surface area contributed by atoms with Crippen molar-refractivity contribution in [2.24, 2.45) is 11.7 Å². The highest BCUT2D eigenvalue weighted by Gasteiger charge is 2.33. The van der Waals surface area contributed by atoms with Crippen molar-refractivity contribution >= 4 is 54.1 Å². The normalized spacial score (nSPS) is 14.2. The van der Waals surface area contributed by atoms with Crippen LogP contribution in [0.15, 0.2) is 73.2 Å². The number of thiol groups is 1. The highest BCUT2D eigenvalue weighted by Crippen LogP contribution is 2.11. The summed E-state index contributed by atoms with van der Waals surface area (Å²) in [5.41, 5.74) is 7.50. The van der Waals surface area contributed by atoms with E-state index < -0.39 is 84.1 Å². The number of carbonyl (C=O) groups excluding carboxylic acids is 5. The third kappa shape index (κ3) is 15.2. The van der Waals surface area contributed by atoms with E-state index in [0.29, 0.717) is 16.8 Å². The molecule has 17 nitrogen and oxygen atoms in total. The number of nitrogens with one attached hydrogen (secondary N) is 6. The number of nitrogens with zero attached hydrogens (tertiary/aromatic N) is 1. The second-order valence-electron chi connectivity index (χ2n) is 13.7. The maximum absolute atomic E-state index is 14.2. The van der Waals surface area contributed by atoms with Gasteiger partial charge in [-0.1, -0.05) is 74.5 Å². The van der Waals surface area contributed by atoms with Crippen LogP contribution in [0.5, 0.6) is 0 Å². The summed E-state index contributed by atoms with van der Waals surface area (Å²) in [5.74, 6) is -6.55. The minimum Gasteiger partial charge on any atom is -0.481 e. The van der Waals surface area contributed by atoms with Crippen molar-refractivity contribution in [1.29, 1.82) is 0 Å². The number of H-pyrrole nitrogens is 1. The molecule has 0 radical (unpaired) electrons. The van der Waals surface area contributed by atoms with Gasteiger partial charge in [-0.15, -0.1) is 0 Å². The fourth-order valence-corrected chi connectivity index (χ4v) is 5.79. The number of benzene rings is 2. The van der Waals surface area contributed by atoms with Crippen LogP contribution in [0.3, 0.4) is 0 Å². The van der Waals surface area contributed by atoms with Gasteiger partial charge in [0.1, 0.15) is 30.2 Å². The van der Waals surface area contributed by atoms with Crippen LogP contribution in [0, 0.1) is 5.92 Å². The second-order valence-corrected chi connectivity index (χ2v) is 14.0. The maximum atomic E-state index is 14.2. The van der Waals surface area contributed by atoms with E-state index in [-0.39, 0.29) is 43.8 Å². The zero-order chi connectivity index (χ0) is 41.2. The fraction of sp³-hybridized carbons (Fsp3) is 0.421. The van der Waals surface area contributed by atoms with Crippen LogP contribution in [-0.2, 0) is 52.8 Å². The first-order chi connectivity index (χ1) is 26.7. The molecule has 18 heteroatoms. The average Bonchev–Trinajstić information content (AvgIpc) is 3.68. The summed E-state index contributed by atoms with van der Waals surface area (Å²) >= 11 is 4.00. The van der Waals surface area contributed by atoms with Crippen molar-refractivity contribution < 1.29 is 43.8 Å². The van der Waals surface area contributed by atoms with E-state index in [9.17, 15) is 43.8 Å². The van der Waals surface area contributed by atoms with Crippen LogP contribution < -0.4 is 32.3 Å². The lowest BCUT2D eigenvalue weighted by Crippen LogP contribution is -2.60. The Labute approximate surface area is 329 Å². The van der Waals surface area contributed by atoms with Gasteiger partial charge in [0.15, 0.2) is 0 Å². The smallest absolute Gasteiger partial charge is 0.326 e. The predicted octanol–water partition coefficient (Wildman–Crippen LogP) is 0.114. The van der Waals surface area contributed by atoms with E-state index in [1.807, 2.05) is 13.8 Å². The average molecular weight is 795 g/mol. The number of aromatic amines is 1. The van der Waals surface area contributed by atoms with E-state index in [1.165, 1.54) is 12.5 Å². The summed E-state index contributed by atoms with van der Waals surface area (Å²) in [6.45, 7) is 3.63. The first-order valence-electron chi connectivity index (χ1n) is 18.0. The summed E-state index contributed by atoms with van der Waals surface area (Å²) in [6, 6.07) is 9.84. The number of carbonyl (C=O) groups is 7. The molecule has 302 valence electrons. The molecule has 5 amide bonds. The number of aromatic nitrogens is 2. The largest absolute Gasteiger partial charge is 0.481 e. The van der Waals surface area contributed by atoms with Gasteiger partial charge in [-0.3, -0.25) is 28.8 Å². The Bertz CT molecular complexity index is 1760. The molecule has 1 heterocycles. The zero-order valence-corrected chi connectivity index (χ0v) is 32.0. The van der Waals surface area contributed by atoms with Gasteiger partial charge in [0.05, 0.1) is 12.4 Å². The SMILES string of the molecule is CC(C)CC(NC(=O)C(Cc1ccccc1)NC(=O)C(Cc1ccccc1)NC(=O)C(Cc1cnc[nH]1)NC(=O)C(CCC(=O)O)NC(=O)C(N)CS)C(=O)O. The van der Waals surface area contributed by atoms with Crippen LogP contribution in [-0.4, -0.2) is 104 Å². The molecule has 6 unspecified atom stereocenters. The zero-order valence-electron chi connectivity index (χ0n) is 31.1. The van der Waals surface area contributed by atoms with Gasteiger partial charge in [-0.05, 0) is 29.9 Å². The number of nitrogens with two attached hydrogens (primary N) is 1. The number of imidazole rings is 1. The number of carboxylic acid groups (broad SMARTS) is 2. The van der Waals surface area contributed by atoms with Crippen LogP contribution in [0.25, 0.3) is 0 Å². The minimum absolute atomic E-state index is 0.00271. The van der Waals surface area contributed by atoms with Crippen molar-refractivity contribution in [3.63, 3.8) is 0 Å². The van der Waals surface area contributed by atoms with Crippen molar-refractivity contribution in [3.8, 4) is 0 Å². The van der Waals surface area contributed by atoms with Crippen molar-refractivity contribution in [2.75, 3.05) is 5.75 Å². The second kappa shape index (κ2) is 22.6. The van der Waals surface area contributed by atoms with Crippen LogP contribution >= 0.6 is 12.6 Å². The monoisotopic (exact) mass is 794 g/mol. The van der Waals surface area contributed by atoms with Crippen molar-refractivity contribution in [3.05, 3.63) is 90.0 Å². The molecule has 56 heavy (non-hydrogen) atoms. The predicted molar refractivity (Wildman–Crippen MR) is 208 cm³/mol. The number of aliphatic carboxylic acids is 2. The third-order valence-electron chi connectivity index (χ3n) is 8.58. The molecule has 3 rings (SSSR count). The molecule has 3 aromatic rings. The van der Waals surface area contributed by atoms with Gasteiger partial charge in [0.2, 0.25) is 29.5 Å². The lowest BCUT2D eigenvalue weighted by atomic mass is 10.0. The first kappa shape index (κ1) is 44.6. The number of rotatable bonds is 23. The molecule has 0 bridgehead atoms. The Morgan fingerprint density at radius 3 is 1.54 bits per heavy atom. The molecule has 6 atom stereocenters. The lowest BCUT2D eigenvalue weighted by Gasteiger charge is -2.27. The van der Waals surface area contributed by atoms with E-state index in [2.05, 4.69) is 49.2 Å². The van der Waals surface area contributed by atoms with Gasteiger partial charge in [0.25, 0.3) is 0 Å². The standard InChI is InChI=1S/C38H50N8O9S/c1-22(2)15-31(38(54)55)46-36(52)29(17-24-11-7-4-8-12-24)43-35(51)28(16-23-9-5-3-6-10-23)44-37(53)30(18-25-19-40-21-41-25)45-34(50)27(13-14-32(47)48)42-33(49)26(39)20-56/h3-12,19,21-22,26-31,56H,13-18,20,39H2,1-2H3,(H,40,41)(H,42,49)(H,43,51)(H,44,53)(H,45,50)(H,46,52)(H,47,48)(H,54,55). The minimum atomic E-state index is -1.40. The van der Waals surface area contributed by atoms with Gasteiger partial charge in [-0.2, -0.15) is 12.6 Å². The summed E-state index contributed by atoms with van der Waals surface area (Å²) in [7, 11) is 0. The number of carboxylic acids is 2. The molecule has 0 aliphatic rings. The summed E-state index contributed by atoms with van der Waals surface area (Å²) in [4.78, 5) is 98.4. The van der Waals surface area contributed by atoms with Gasteiger partial charge < -0.3 is 47.5 Å². The maximum Gasteiger partial charge on any atom is 0.326 e. The van der Waals surface area contributed by atoms with E-state index in [1.54, 1.807) is 60.7 Å². The molecule has 0 spiro atoms. The Morgan fingerprint density at radius 1 is 0.679 bits per heavy atom. The van der Waals surface area contributed by atoms with Crippen molar-refractivity contribution in [1.82, 2.24) is 36.6 Å². The molecule has 2 aromatic carbocycles. The number of hydrogen-bond donors (Lipinski definition) is 10. The Hall–Kier alpha value is -5.75. The summed E-state index contributed by atoms with van der Waals surface area (Å²) in [6.07, 6.45) is 1.91. The quantitative estimate of drug-likeness (QED) is 0.0576. The molecule has 10 N–H and O–H groups in total.